The van der Waals surface area contributed by atoms with Crippen LogP contribution in [0.5, 0.6) is 0 Å². The van der Waals surface area contributed by atoms with Gasteiger partial charge in [-0.05, 0) is 72.4 Å². The van der Waals surface area contributed by atoms with Crippen molar-refractivity contribution in [3.8, 4) is 0 Å². The topological polar surface area (TPSA) is 6.25 Å². The number of fused-ring (bicyclic) bond motifs is 4. The Labute approximate surface area is 292 Å². The minimum atomic E-state index is -0.162. The molecule has 2 aliphatic rings. The Kier molecular flexibility index (Phi) is 8.89. The zero-order chi connectivity index (χ0) is 33.8. The number of hydrogen-bond acceptors (Lipinski definition) is 1. The Morgan fingerprint density at radius 1 is 0.592 bits per heavy atom. The van der Waals surface area contributed by atoms with E-state index in [1.165, 1.54) is 55.8 Å². The van der Waals surface area contributed by atoms with E-state index in [2.05, 4.69) is 213 Å². The van der Waals surface area contributed by atoms with Crippen molar-refractivity contribution in [1.82, 2.24) is 0 Å². The molecule has 49 heavy (non-hydrogen) atoms. The van der Waals surface area contributed by atoms with Crippen LogP contribution in [0.2, 0.25) is 0 Å². The number of anilines is 1. The Bertz CT molecular complexity index is 2160. The maximum Gasteiger partial charge on any atom is 0.210 e. The highest BCUT2D eigenvalue weighted by molar-refractivity contribution is 6.08. The molecule has 0 saturated heterocycles. The minimum absolute atomic E-state index is 0.0997. The third kappa shape index (κ3) is 6.04. The Morgan fingerprint density at radius 3 is 1.88 bits per heavy atom. The molecule has 2 aliphatic heterocycles. The molecule has 242 valence electrons. The van der Waals surface area contributed by atoms with Gasteiger partial charge in [0.15, 0.2) is 5.71 Å². The van der Waals surface area contributed by atoms with E-state index in [9.17, 15) is 0 Å². The normalized spacial score (nSPS) is 21.4. The summed E-state index contributed by atoms with van der Waals surface area (Å²) >= 11 is 0. The van der Waals surface area contributed by atoms with Gasteiger partial charge in [-0.1, -0.05) is 146 Å². The molecule has 0 aliphatic carbocycles. The van der Waals surface area contributed by atoms with Crippen LogP contribution >= 0.6 is 0 Å². The van der Waals surface area contributed by atoms with E-state index in [1.807, 2.05) is 0 Å². The molecule has 0 fully saturated rings. The molecule has 2 heterocycles. The van der Waals surface area contributed by atoms with Crippen LogP contribution in [0.15, 0.2) is 182 Å². The highest BCUT2D eigenvalue weighted by Gasteiger charge is 2.47. The van der Waals surface area contributed by atoms with E-state index in [-0.39, 0.29) is 10.8 Å². The van der Waals surface area contributed by atoms with Gasteiger partial charge in [0, 0.05) is 41.6 Å². The van der Waals surface area contributed by atoms with Gasteiger partial charge >= 0.3 is 0 Å². The van der Waals surface area contributed by atoms with Gasteiger partial charge in [0.1, 0.15) is 7.05 Å². The minimum Gasteiger partial charge on any atom is -0.347 e. The van der Waals surface area contributed by atoms with Gasteiger partial charge in [-0.3, -0.25) is 0 Å². The van der Waals surface area contributed by atoms with Gasteiger partial charge in [-0.25, -0.2) is 0 Å². The van der Waals surface area contributed by atoms with Crippen molar-refractivity contribution in [3.05, 3.63) is 204 Å². The van der Waals surface area contributed by atoms with Gasteiger partial charge in [0.05, 0.1) is 5.41 Å². The molecule has 0 radical (unpaired) electrons. The molecule has 0 N–H and O–H groups in total. The molecular weight excluding hydrogens is 593 g/mol. The first-order valence-electron chi connectivity index (χ1n) is 17.3. The molecule has 2 unspecified atom stereocenters. The van der Waals surface area contributed by atoms with Crippen molar-refractivity contribution in [1.29, 1.82) is 0 Å². The van der Waals surface area contributed by atoms with Crippen LogP contribution in [-0.2, 0) is 23.7 Å². The van der Waals surface area contributed by atoms with Crippen molar-refractivity contribution in [2.24, 2.45) is 0 Å². The summed E-state index contributed by atoms with van der Waals surface area (Å²) in [6.07, 6.45) is 21.4. The summed E-state index contributed by atoms with van der Waals surface area (Å²) < 4.78 is 2.38. The molecule has 7 rings (SSSR count). The van der Waals surface area contributed by atoms with Crippen molar-refractivity contribution in [2.45, 2.75) is 37.5 Å². The van der Waals surface area contributed by atoms with E-state index in [4.69, 9.17) is 0 Å². The average molecular weight is 638 g/mol. The maximum absolute atomic E-state index is 2.41. The van der Waals surface area contributed by atoms with Crippen LogP contribution < -0.4 is 4.90 Å². The summed E-state index contributed by atoms with van der Waals surface area (Å²) in [5, 5.41) is 2.62. The van der Waals surface area contributed by atoms with Crippen LogP contribution in [0.4, 0.5) is 11.4 Å². The van der Waals surface area contributed by atoms with Crippen LogP contribution in [-0.4, -0.2) is 24.4 Å². The molecular formula is C47H45N2+. The number of allylic oxidation sites excluding steroid dienone is 10. The second-order valence-corrected chi connectivity index (χ2v) is 13.8. The summed E-state index contributed by atoms with van der Waals surface area (Å²) in [4.78, 5) is 2.35. The van der Waals surface area contributed by atoms with Gasteiger partial charge in [0.25, 0.3) is 0 Å². The number of nitrogens with zero attached hydrogens (tertiary/aromatic N) is 2. The lowest BCUT2D eigenvalue weighted by atomic mass is 9.73. The Hall–Kier alpha value is -5.47. The van der Waals surface area contributed by atoms with E-state index in [1.54, 1.807) is 0 Å². The standard InChI is InChI=1S/C47H45N2/c1-46(34-36-22-12-10-13-23-36)40-28-20-21-29-41(40)48(3)43(46)30-16-8-6-5-7-9-17-31-44-47(2,35-37-24-14-11-15-25-37)45-39-27-19-18-26-38(39)32-33-42(45)49(44)4/h5-33H,34-35H2,1-4H3/q+1. The van der Waals surface area contributed by atoms with Gasteiger partial charge in [-0.2, -0.15) is 4.58 Å². The number of benzene rings is 5. The molecule has 0 bridgehead atoms. The molecule has 2 nitrogen and oxygen atoms in total. The quantitative estimate of drug-likeness (QED) is 0.115. The zero-order valence-electron chi connectivity index (χ0n) is 29.1. The van der Waals surface area contributed by atoms with E-state index in [0.29, 0.717) is 0 Å². The number of rotatable bonds is 9. The third-order valence-electron chi connectivity index (χ3n) is 10.5. The fourth-order valence-electron chi connectivity index (χ4n) is 8.20. The largest absolute Gasteiger partial charge is 0.347 e. The highest BCUT2D eigenvalue weighted by atomic mass is 15.2. The van der Waals surface area contributed by atoms with E-state index >= 15 is 0 Å². The van der Waals surface area contributed by atoms with Crippen LogP contribution in [0.3, 0.4) is 0 Å². The molecule has 2 heteroatoms. The summed E-state index contributed by atoms with van der Waals surface area (Å²) in [5.41, 5.74) is 10.4. The summed E-state index contributed by atoms with van der Waals surface area (Å²) in [5.74, 6) is 0. The fourth-order valence-corrected chi connectivity index (χ4v) is 8.20. The van der Waals surface area contributed by atoms with Crippen molar-refractivity contribution in [2.75, 3.05) is 19.0 Å². The van der Waals surface area contributed by atoms with E-state index < -0.39 is 0 Å². The predicted octanol–water partition coefficient (Wildman–Crippen LogP) is 10.8. The molecule has 0 aromatic heterocycles. The fraction of sp³-hybridized carbons (Fsp3) is 0.170. The zero-order valence-corrected chi connectivity index (χ0v) is 29.1. The Morgan fingerprint density at radius 2 is 1.16 bits per heavy atom. The lowest BCUT2D eigenvalue weighted by Crippen LogP contribution is -2.33. The summed E-state index contributed by atoms with van der Waals surface area (Å²) in [7, 11) is 4.39. The molecule has 2 atom stereocenters. The second kappa shape index (κ2) is 13.6. The first-order chi connectivity index (χ1) is 23.9. The molecule has 5 aromatic carbocycles. The molecule has 0 saturated carbocycles. The first kappa shape index (κ1) is 32.1. The monoisotopic (exact) mass is 637 g/mol. The molecule has 0 spiro atoms. The van der Waals surface area contributed by atoms with Crippen LogP contribution in [0.1, 0.15) is 36.1 Å². The lowest BCUT2D eigenvalue weighted by molar-refractivity contribution is -0.401. The van der Waals surface area contributed by atoms with Gasteiger partial charge < -0.3 is 4.90 Å². The summed E-state index contributed by atoms with van der Waals surface area (Å²) in [6.45, 7) is 4.78. The van der Waals surface area contributed by atoms with Crippen LogP contribution in [0, 0.1) is 0 Å². The van der Waals surface area contributed by atoms with Crippen LogP contribution in [0.25, 0.3) is 10.8 Å². The first-order valence-corrected chi connectivity index (χ1v) is 17.3. The average Bonchev–Trinajstić information content (AvgIpc) is 3.47. The van der Waals surface area contributed by atoms with Gasteiger partial charge in [-0.15, -0.1) is 0 Å². The van der Waals surface area contributed by atoms with Crippen molar-refractivity contribution < 1.29 is 4.58 Å². The number of likely N-dealkylation sites (N-methyl/N-ethyl adjacent to an activating group) is 1. The maximum atomic E-state index is 2.41. The third-order valence-corrected chi connectivity index (χ3v) is 10.5. The summed E-state index contributed by atoms with van der Waals surface area (Å²) in [6, 6.07) is 43.8. The number of para-hydroxylation sites is 1. The lowest BCUT2D eigenvalue weighted by Gasteiger charge is -2.29. The number of hydrogen-bond donors (Lipinski definition) is 0. The highest BCUT2D eigenvalue weighted by Crippen LogP contribution is 2.49. The molecule has 5 aromatic rings. The smallest absolute Gasteiger partial charge is 0.210 e. The SMILES string of the molecule is CN1C(=CC=CC=CC=CC=CC2=[N+](C)c3ccc4ccccc4c3C2(C)Cc2ccccc2)C(C)(Cc2ccccc2)c2ccccc21. The second-order valence-electron chi connectivity index (χ2n) is 13.8. The molecule has 0 amide bonds. The van der Waals surface area contributed by atoms with Crippen molar-refractivity contribution in [3.63, 3.8) is 0 Å². The van der Waals surface area contributed by atoms with Crippen molar-refractivity contribution >= 4 is 27.9 Å². The predicted molar refractivity (Wildman–Crippen MR) is 209 cm³/mol. The van der Waals surface area contributed by atoms with Gasteiger partial charge in [0.2, 0.25) is 5.69 Å². The van der Waals surface area contributed by atoms with E-state index in [0.717, 1.165) is 12.8 Å². The Balaban J connectivity index is 1.09.